The predicted octanol–water partition coefficient (Wildman–Crippen LogP) is 4.55. The van der Waals surface area contributed by atoms with E-state index in [-0.39, 0.29) is 32.9 Å². The maximum atomic E-state index is 15.6. The normalized spacial score (nSPS) is 12.2. The van der Waals surface area contributed by atoms with Crippen molar-refractivity contribution in [1.82, 2.24) is 13.9 Å². The highest BCUT2D eigenvalue weighted by Crippen LogP contribution is 2.40. The maximum Gasteiger partial charge on any atom is 0.268 e. The van der Waals surface area contributed by atoms with Crippen LogP contribution in [0.5, 0.6) is 11.5 Å². The fraction of sp³-hybridized carbons (Fsp3) is 0.148. The van der Waals surface area contributed by atoms with Gasteiger partial charge in [-0.1, -0.05) is 17.7 Å². The standard InChI is InChI=1S/C27H24F2N4O5S2/c1-16-3-6-19(7-4-16)40(36,37)33-12-10-20-24(33)14-23(29)25(26(20)39(2,34)35)38-18-5-8-22(28)21(13-18)27-31-15-17(32-27)9-11-30/h3-8,10,12-15H,9,11,30H2,1-2H3,(H,31,32). The molecule has 0 saturated heterocycles. The summed E-state index contributed by atoms with van der Waals surface area (Å²) in [7, 11) is -8.33. The number of fused-ring (bicyclic) bond motifs is 1. The van der Waals surface area contributed by atoms with Gasteiger partial charge in [0.05, 0.1) is 21.7 Å². The number of ether oxygens (including phenoxy) is 1. The molecule has 0 saturated carbocycles. The summed E-state index contributed by atoms with van der Waals surface area (Å²) in [6.07, 6.45) is 4.07. The van der Waals surface area contributed by atoms with Gasteiger partial charge in [-0.2, -0.15) is 0 Å². The first-order valence-electron chi connectivity index (χ1n) is 12.0. The van der Waals surface area contributed by atoms with Crippen LogP contribution in [0.2, 0.25) is 0 Å². The summed E-state index contributed by atoms with van der Waals surface area (Å²) in [5, 5.41) is -0.0608. The maximum absolute atomic E-state index is 15.6. The second kappa shape index (κ2) is 10.2. The van der Waals surface area contributed by atoms with Crippen molar-refractivity contribution in [3.05, 3.63) is 89.9 Å². The number of halogens is 2. The van der Waals surface area contributed by atoms with Gasteiger partial charge < -0.3 is 15.5 Å². The fourth-order valence-electron chi connectivity index (χ4n) is 4.31. The Hall–Kier alpha value is -4.07. The van der Waals surface area contributed by atoms with Crippen LogP contribution in [0.1, 0.15) is 11.3 Å². The van der Waals surface area contributed by atoms with Crippen molar-refractivity contribution in [2.45, 2.75) is 23.1 Å². The Bertz CT molecular complexity index is 1970. The van der Waals surface area contributed by atoms with Gasteiger partial charge in [-0.25, -0.2) is 34.6 Å². The van der Waals surface area contributed by atoms with E-state index < -0.39 is 42.1 Å². The van der Waals surface area contributed by atoms with E-state index in [0.29, 0.717) is 18.7 Å². The molecule has 0 radical (unpaired) electrons. The number of sulfone groups is 1. The molecule has 0 spiro atoms. The van der Waals surface area contributed by atoms with Crippen molar-refractivity contribution < 1.29 is 30.4 Å². The number of rotatable bonds is 8. The zero-order valence-electron chi connectivity index (χ0n) is 21.4. The van der Waals surface area contributed by atoms with Crippen LogP contribution in [-0.2, 0) is 26.3 Å². The van der Waals surface area contributed by atoms with Crippen molar-refractivity contribution in [2.75, 3.05) is 12.8 Å². The molecule has 2 aromatic heterocycles. The lowest BCUT2D eigenvalue weighted by atomic mass is 10.2. The lowest BCUT2D eigenvalue weighted by molar-refractivity contribution is 0.429. The highest BCUT2D eigenvalue weighted by Gasteiger charge is 2.28. The number of hydrogen-bond donors (Lipinski definition) is 2. The lowest BCUT2D eigenvalue weighted by Gasteiger charge is -2.14. The van der Waals surface area contributed by atoms with Gasteiger partial charge in [0.2, 0.25) is 0 Å². The molecule has 40 heavy (non-hydrogen) atoms. The van der Waals surface area contributed by atoms with Crippen LogP contribution in [0.3, 0.4) is 0 Å². The van der Waals surface area contributed by atoms with Crippen molar-refractivity contribution in [3.8, 4) is 22.9 Å². The highest BCUT2D eigenvalue weighted by molar-refractivity contribution is 7.91. The number of hydrogen-bond acceptors (Lipinski definition) is 7. The minimum Gasteiger partial charge on any atom is -0.453 e. The van der Waals surface area contributed by atoms with E-state index in [9.17, 15) is 21.2 Å². The second-order valence-corrected chi connectivity index (χ2v) is 12.9. The van der Waals surface area contributed by atoms with E-state index >= 15 is 4.39 Å². The third-order valence-electron chi connectivity index (χ3n) is 6.21. The van der Waals surface area contributed by atoms with Crippen molar-refractivity contribution in [3.63, 3.8) is 0 Å². The third-order valence-corrected chi connectivity index (χ3v) is 9.07. The molecule has 0 atom stereocenters. The van der Waals surface area contributed by atoms with E-state index in [4.69, 9.17) is 10.5 Å². The molecule has 3 aromatic carbocycles. The van der Waals surface area contributed by atoms with Gasteiger partial charge in [0.15, 0.2) is 21.4 Å². The zero-order valence-corrected chi connectivity index (χ0v) is 23.0. The minimum absolute atomic E-state index is 0.0125. The molecule has 0 aliphatic heterocycles. The Morgan fingerprint density at radius 3 is 2.40 bits per heavy atom. The summed E-state index contributed by atoms with van der Waals surface area (Å²) in [5.74, 6) is -2.30. The molecule has 0 unspecified atom stereocenters. The van der Waals surface area contributed by atoms with Gasteiger partial charge >= 0.3 is 0 Å². The van der Waals surface area contributed by atoms with Gasteiger partial charge in [0.25, 0.3) is 10.0 Å². The number of aromatic amines is 1. The Morgan fingerprint density at radius 1 is 1.00 bits per heavy atom. The third kappa shape index (κ3) is 4.98. The van der Waals surface area contributed by atoms with Crippen LogP contribution >= 0.6 is 0 Å². The summed E-state index contributed by atoms with van der Waals surface area (Å²) in [5.41, 5.74) is 6.83. The van der Waals surface area contributed by atoms with Crippen molar-refractivity contribution in [1.29, 1.82) is 0 Å². The number of nitrogens with two attached hydrogens (primary N) is 1. The van der Waals surface area contributed by atoms with E-state index in [1.807, 2.05) is 0 Å². The zero-order chi connectivity index (χ0) is 28.8. The molecule has 13 heteroatoms. The fourth-order valence-corrected chi connectivity index (χ4v) is 6.70. The number of aryl methyl sites for hydroxylation is 1. The van der Waals surface area contributed by atoms with E-state index in [1.165, 1.54) is 30.3 Å². The number of nitrogens with zero attached hydrogens (tertiary/aromatic N) is 2. The number of nitrogens with one attached hydrogen (secondary N) is 1. The summed E-state index contributed by atoms with van der Waals surface area (Å²) in [4.78, 5) is 6.54. The molecule has 0 fully saturated rings. The average molecular weight is 587 g/mol. The summed E-state index contributed by atoms with van der Waals surface area (Å²) >= 11 is 0. The smallest absolute Gasteiger partial charge is 0.268 e. The molecule has 5 aromatic rings. The predicted molar refractivity (Wildman–Crippen MR) is 146 cm³/mol. The Morgan fingerprint density at radius 2 is 1.73 bits per heavy atom. The number of imidazole rings is 1. The average Bonchev–Trinajstić information content (AvgIpc) is 3.52. The molecule has 5 rings (SSSR count). The van der Waals surface area contributed by atoms with Crippen molar-refractivity contribution >= 4 is 30.8 Å². The molecule has 2 heterocycles. The first-order chi connectivity index (χ1) is 18.9. The van der Waals surface area contributed by atoms with Gasteiger partial charge in [-0.3, -0.25) is 0 Å². The van der Waals surface area contributed by atoms with E-state index in [0.717, 1.165) is 34.1 Å². The molecule has 0 amide bonds. The first-order valence-corrected chi connectivity index (χ1v) is 15.3. The second-order valence-electron chi connectivity index (χ2n) is 9.17. The van der Waals surface area contributed by atoms with Crippen LogP contribution in [0.4, 0.5) is 8.78 Å². The van der Waals surface area contributed by atoms with Crippen LogP contribution < -0.4 is 10.5 Å². The Kier molecular flexibility index (Phi) is 6.98. The van der Waals surface area contributed by atoms with Crippen LogP contribution in [0.15, 0.2) is 76.8 Å². The summed E-state index contributed by atoms with van der Waals surface area (Å²) < 4.78 is 89.2. The molecular formula is C27H24F2N4O5S2. The quantitative estimate of drug-likeness (QED) is 0.272. The van der Waals surface area contributed by atoms with Gasteiger partial charge in [-0.05, 0) is 49.9 Å². The molecule has 0 aliphatic carbocycles. The van der Waals surface area contributed by atoms with E-state index in [1.54, 1.807) is 25.3 Å². The van der Waals surface area contributed by atoms with Crippen LogP contribution in [0.25, 0.3) is 22.3 Å². The summed E-state index contributed by atoms with van der Waals surface area (Å²) in [6.45, 7) is 2.15. The molecule has 9 nitrogen and oxygen atoms in total. The topological polar surface area (TPSA) is 137 Å². The monoisotopic (exact) mass is 586 g/mol. The van der Waals surface area contributed by atoms with Crippen LogP contribution in [0, 0.1) is 18.6 Å². The molecule has 3 N–H and O–H groups in total. The first kappa shape index (κ1) is 27.5. The van der Waals surface area contributed by atoms with Gasteiger partial charge in [0.1, 0.15) is 22.3 Å². The lowest BCUT2D eigenvalue weighted by Crippen LogP contribution is -2.12. The molecule has 0 bridgehead atoms. The molecular weight excluding hydrogens is 562 g/mol. The van der Waals surface area contributed by atoms with Gasteiger partial charge in [0, 0.05) is 36.5 Å². The molecule has 0 aliphatic rings. The summed E-state index contributed by atoms with van der Waals surface area (Å²) in [6, 6.07) is 11.8. The number of H-pyrrole nitrogens is 1. The minimum atomic E-state index is -4.18. The van der Waals surface area contributed by atoms with E-state index in [2.05, 4.69) is 9.97 Å². The Labute approximate surface area is 229 Å². The number of benzene rings is 3. The van der Waals surface area contributed by atoms with Crippen LogP contribution in [-0.4, -0.2) is 43.6 Å². The molecule has 208 valence electrons. The Balaban J connectivity index is 1.63. The highest BCUT2D eigenvalue weighted by atomic mass is 32.2. The van der Waals surface area contributed by atoms with Gasteiger partial charge in [-0.15, -0.1) is 0 Å². The SMILES string of the molecule is Cc1ccc(S(=O)(=O)n2ccc3c(S(C)(=O)=O)c(Oc4ccc(F)c(-c5nc(CCN)c[nH]5)c4)c(F)cc32)cc1. The largest absolute Gasteiger partial charge is 0.453 e. The van der Waals surface area contributed by atoms with Crippen molar-refractivity contribution in [2.24, 2.45) is 5.73 Å². The number of aromatic nitrogens is 3.